The minimum Gasteiger partial charge on any atom is -0.373 e. The maximum atomic E-state index is 12.4. The van der Waals surface area contributed by atoms with E-state index in [-0.39, 0.29) is 24.2 Å². The van der Waals surface area contributed by atoms with E-state index in [0.29, 0.717) is 6.04 Å². The summed E-state index contributed by atoms with van der Waals surface area (Å²) in [4.78, 5) is 17.0. The molecule has 0 aromatic carbocycles. The van der Waals surface area contributed by atoms with E-state index in [0.717, 1.165) is 32.5 Å². The first-order chi connectivity index (χ1) is 9.72. The molecule has 3 aliphatic rings. The molecule has 4 atom stereocenters. The van der Waals surface area contributed by atoms with E-state index in [1.54, 1.807) is 0 Å². The van der Waals surface area contributed by atoms with Crippen LogP contribution in [0.1, 0.15) is 39.5 Å². The van der Waals surface area contributed by atoms with E-state index >= 15 is 0 Å². The van der Waals surface area contributed by atoms with Crippen LogP contribution in [-0.4, -0.2) is 66.3 Å². The van der Waals surface area contributed by atoms with Gasteiger partial charge in [-0.25, -0.2) is 0 Å². The standard InChI is InChI=1S/C15H27N3O2/c1-3-13-15(19)18(14(4-2)16-13)9-12-8-17-7-5-6-11(17)10-20-12/h11-14,16H,3-10H2,1-2H3. The smallest absolute Gasteiger partial charge is 0.241 e. The van der Waals surface area contributed by atoms with Crippen molar-refractivity contribution in [1.82, 2.24) is 15.1 Å². The van der Waals surface area contributed by atoms with Gasteiger partial charge in [-0.2, -0.15) is 0 Å². The number of rotatable bonds is 4. The lowest BCUT2D eigenvalue weighted by atomic mass is 10.1. The van der Waals surface area contributed by atoms with Crippen LogP contribution in [-0.2, 0) is 9.53 Å². The molecule has 0 saturated carbocycles. The summed E-state index contributed by atoms with van der Waals surface area (Å²) >= 11 is 0. The number of hydrogen-bond acceptors (Lipinski definition) is 4. The zero-order valence-electron chi connectivity index (χ0n) is 12.7. The van der Waals surface area contributed by atoms with Crippen molar-refractivity contribution in [1.29, 1.82) is 0 Å². The predicted molar refractivity (Wildman–Crippen MR) is 77.3 cm³/mol. The third kappa shape index (κ3) is 2.59. The molecular weight excluding hydrogens is 254 g/mol. The maximum Gasteiger partial charge on any atom is 0.241 e. The Morgan fingerprint density at radius 2 is 2.20 bits per heavy atom. The van der Waals surface area contributed by atoms with Crippen molar-refractivity contribution in [3.05, 3.63) is 0 Å². The first-order valence-corrected chi connectivity index (χ1v) is 8.15. The highest BCUT2D eigenvalue weighted by Gasteiger charge is 2.40. The molecule has 3 aliphatic heterocycles. The summed E-state index contributed by atoms with van der Waals surface area (Å²) in [7, 11) is 0. The van der Waals surface area contributed by atoms with E-state index in [1.807, 2.05) is 4.90 Å². The number of carbonyl (C=O) groups is 1. The molecular formula is C15H27N3O2. The fourth-order valence-electron chi connectivity index (χ4n) is 3.81. The fraction of sp³-hybridized carbons (Fsp3) is 0.933. The number of ether oxygens (including phenoxy) is 1. The Kier molecular flexibility index (Phi) is 4.29. The molecule has 3 saturated heterocycles. The molecule has 0 aromatic heterocycles. The summed E-state index contributed by atoms with van der Waals surface area (Å²) < 4.78 is 6.00. The van der Waals surface area contributed by atoms with Crippen LogP contribution >= 0.6 is 0 Å². The molecule has 0 aromatic rings. The number of hydrogen-bond donors (Lipinski definition) is 1. The highest BCUT2D eigenvalue weighted by molar-refractivity contribution is 5.84. The van der Waals surface area contributed by atoms with Gasteiger partial charge in [0, 0.05) is 19.1 Å². The van der Waals surface area contributed by atoms with Crippen molar-refractivity contribution in [2.75, 3.05) is 26.2 Å². The minimum absolute atomic E-state index is 0.00285. The van der Waals surface area contributed by atoms with Crippen LogP contribution in [0.4, 0.5) is 0 Å². The lowest BCUT2D eigenvalue weighted by Gasteiger charge is -2.37. The molecule has 0 radical (unpaired) electrons. The van der Waals surface area contributed by atoms with E-state index in [4.69, 9.17) is 4.74 Å². The van der Waals surface area contributed by atoms with E-state index < -0.39 is 0 Å². The molecule has 3 rings (SSSR count). The molecule has 1 N–H and O–H groups in total. The van der Waals surface area contributed by atoms with Crippen LogP contribution in [0.3, 0.4) is 0 Å². The number of morpholine rings is 1. The van der Waals surface area contributed by atoms with E-state index in [2.05, 4.69) is 24.1 Å². The second kappa shape index (κ2) is 6.00. The quantitative estimate of drug-likeness (QED) is 0.828. The summed E-state index contributed by atoms with van der Waals surface area (Å²) in [6.45, 7) is 7.97. The Hall–Kier alpha value is -0.650. The van der Waals surface area contributed by atoms with Gasteiger partial charge in [0.15, 0.2) is 0 Å². The van der Waals surface area contributed by atoms with Gasteiger partial charge in [-0.1, -0.05) is 13.8 Å². The monoisotopic (exact) mass is 281 g/mol. The molecule has 1 amide bonds. The summed E-state index contributed by atoms with van der Waals surface area (Å²) in [6, 6.07) is 0.632. The van der Waals surface area contributed by atoms with Gasteiger partial charge in [0.2, 0.25) is 5.91 Å². The van der Waals surface area contributed by atoms with Crippen LogP contribution in [0, 0.1) is 0 Å². The van der Waals surface area contributed by atoms with Gasteiger partial charge in [0.25, 0.3) is 0 Å². The molecule has 20 heavy (non-hydrogen) atoms. The molecule has 4 unspecified atom stereocenters. The zero-order valence-corrected chi connectivity index (χ0v) is 12.7. The van der Waals surface area contributed by atoms with E-state index in [9.17, 15) is 4.79 Å². The molecule has 0 aliphatic carbocycles. The zero-order chi connectivity index (χ0) is 14.1. The highest BCUT2D eigenvalue weighted by atomic mass is 16.5. The van der Waals surface area contributed by atoms with Crippen LogP contribution in [0.25, 0.3) is 0 Å². The Balaban J connectivity index is 1.60. The van der Waals surface area contributed by atoms with Crippen molar-refractivity contribution in [2.45, 2.75) is 63.9 Å². The molecule has 0 spiro atoms. The Morgan fingerprint density at radius 1 is 1.35 bits per heavy atom. The third-order valence-electron chi connectivity index (χ3n) is 5.01. The summed E-state index contributed by atoms with van der Waals surface area (Å²) in [5.74, 6) is 0.256. The van der Waals surface area contributed by atoms with Gasteiger partial charge in [0.05, 0.1) is 24.9 Å². The Bertz CT molecular complexity index is 363. The van der Waals surface area contributed by atoms with Crippen molar-refractivity contribution < 1.29 is 9.53 Å². The van der Waals surface area contributed by atoms with Gasteiger partial charge in [-0.05, 0) is 32.2 Å². The summed E-state index contributed by atoms with van der Waals surface area (Å²) in [6.07, 6.45) is 4.76. The molecule has 5 heteroatoms. The lowest BCUT2D eigenvalue weighted by molar-refractivity contribution is -0.134. The van der Waals surface area contributed by atoms with E-state index in [1.165, 1.54) is 19.4 Å². The van der Waals surface area contributed by atoms with Gasteiger partial charge in [-0.3, -0.25) is 15.0 Å². The van der Waals surface area contributed by atoms with Crippen LogP contribution < -0.4 is 5.32 Å². The van der Waals surface area contributed by atoms with Crippen LogP contribution in [0.5, 0.6) is 0 Å². The third-order valence-corrected chi connectivity index (χ3v) is 5.01. The summed E-state index contributed by atoms with van der Waals surface area (Å²) in [5, 5.41) is 3.43. The first kappa shape index (κ1) is 14.3. The second-order valence-electron chi connectivity index (χ2n) is 6.29. The number of nitrogens with one attached hydrogen (secondary N) is 1. The lowest BCUT2D eigenvalue weighted by Crippen LogP contribution is -2.52. The number of carbonyl (C=O) groups excluding carboxylic acids is 1. The SMILES string of the molecule is CCC1NC(CC)N(CC2CN3CCCC3CO2)C1=O. The minimum atomic E-state index is 0.00285. The predicted octanol–water partition coefficient (Wildman–Crippen LogP) is 0.796. The average Bonchev–Trinajstić information content (AvgIpc) is 3.04. The van der Waals surface area contributed by atoms with Gasteiger partial charge < -0.3 is 9.64 Å². The Morgan fingerprint density at radius 3 is 2.95 bits per heavy atom. The fourth-order valence-corrected chi connectivity index (χ4v) is 3.81. The van der Waals surface area contributed by atoms with Crippen molar-refractivity contribution in [3.8, 4) is 0 Å². The largest absolute Gasteiger partial charge is 0.373 e. The number of amides is 1. The topological polar surface area (TPSA) is 44.8 Å². The van der Waals surface area contributed by atoms with Gasteiger partial charge >= 0.3 is 0 Å². The number of nitrogens with zero attached hydrogens (tertiary/aromatic N) is 2. The van der Waals surface area contributed by atoms with Crippen molar-refractivity contribution in [3.63, 3.8) is 0 Å². The molecule has 114 valence electrons. The van der Waals surface area contributed by atoms with Gasteiger partial charge in [0.1, 0.15) is 0 Å². The molecule has 0 bridgehead atoms. The maximum absolute atomic E-state index is 12.4. The normalized spacial score (nSPS) is 38.5. The molecule has 5 nitrogen and oxygen atoms in total. The van der Waals surface area contributed by atoms with Crippen molar-refractivity contribution in [2.24, 2.45) is 0 Å². The van der Waals surface area contributed by atoms with Crippen LogP contribution in [0.15, 0.2) is 0 Å². The summed E-state index contributed by atoms with van der Waals surface area (Å²) in [5.41, 5.74) is 0. The molecule has 3 heterocycles. The van der Waals surface area contributed by atoms with Crippen molar-refractivity contribution >= 4 is 5.91 Å². The van der Waals surface area contributed by atoms with Gasteiger partial charge in [-0.15, -0.1) is 0 Å². The molecule has 3 fully saturated rings. The first-order valence-electron chi connectivity index (χ1n) is 8.15. The number of fused-ring (bicyclic) bond motifs is 1. The Labute approximate surface area is 121 Å². The second-order valence-corrected chi connectivity index (χ2v) is 6.29. The van der Waals surface area contributed by atoms with Crippen LogP contribution in [0.2, 0.25) is 0 Å². The average molecular weight is 281 g/mol. The highest BCUT2D eigenvalue weighted by Crippen LogP contribution is 2.24.